The van der Waals surface area contributed by atoms with Gasteiger partial charge in [-0.15, -0.1) is 0 Å². The van der Waals surface area contributed by atoms with Gasteiger partial charge in [-0.1, -0.05) is 25.5 Å². The first kappa shape index (κ1) is 14.4. The molecule has 1 saturated carbocycles. The molecule has 1 aliphatic carbocycles. The van der Waals surface area contributed by atoms with Crippen LogP contribution in [-0.2, 0) is 9.59 Å². The first-order valence-electron chi connectivity index (χ1n) is 6.91. The summed E-state index contributed by atoms with van der Waals surface area (Å²) in [6.07, 6.45) is 2.11. The number of hydrogen-bond donors (Lipinski definition) is 3. The highest BCUT2D eigenvalue weighted by molar-refractivity contribution is 5.97. The summed E-state index contributed by atoms with van der Waals surface area (Å²) in [5.74, 6) is -1.89. The molecule has 108 valence electrons. The van der Waals surface area contributed by atoms with Crippen LogP contribution in [0.15, 0.2) is 24.3 Å². The molecule has 0 bridgehead atoms. The summed E-state index contributed by atoms with van der Waals surface area (Å²) in [5, 5.41) is 12.0. The molecule has 20 heavy (non-hydrogen) atoms. The Morgan fingerprint density at radius 2 is 1.95 bits per heavy atom. The van der Waals surface area contributed by atoms with E-state index in [1.54, 1.807) is 24.3 Å². The Balaban J connectivity index is 2.11. The number of benzene rings is 1. The lowest BCUT2D eigenvalue weighted by molar-refractivity contribution is -0.145. The normalized spacial score (nSPS) is 25.4. The molecule has 1 aromatic rings. The molecule has 0 radical (unpaired) electrons. The lowest BCUT2D eigenvalue weighted by Crippen LogP contribution is -2.30. The van der Waals surface area contributed by atoms with Crippen molar-refractivity contribution in [2.24, 2.45) is 17.8 Å². The van der Waals surface area contributed by atoms with E-state index in [-0.39, 0.29) is 5.91 Å². The van der Waals surface area contributed by atoms with Crippen LogP contribution in [0.2, 0.25) is 0 Å². The number of anilines is 2. The van der Waals surface area contributed by atoms with Crippen LogP contribution in [0.1, 0.15) is 26.2 Å². The zero-order valence-corrected chi connectivity index (χ0v) is 11.5. The van der Waals surface area contributed by atoms with Crippen molar-refractivity contribution in [1.82, 2.24) is 0 Å². The van der Waals surface area contributed by atoms with Crippen LogP contribution in [0.4, 0.5) is 11.4 Å². The van der Waals surface area contributed by atoms with Crippen LogP contribution in [0.3, 0.4) is 0 Å². The second-order valence-corrected chi connectivity index (χ2v) is 5.37. The minimum absolute atomic E-state index is 0.244. The largest absolute Gasteiger partial charge is 0.481 e. The fourth-order valence-electron chi connectivity index (χ4n) is 2.88. The Kier molecular flexibility index (Phi) is 4.27. The lowest BCUT2D eigenvalue weighted by atomic mass is 9.95. The average Bonchev–Trinajstić information content (AvgIpc) is 2.86. The van der Waals surface area contributed by atoms with Crippen molar-refractivity contribution < 1.29 is 14.7 Å². The molecule has 0 aliphatic heterocycles. The number of nitrogens with two attached hydrogens (primary N) is 1. The van der Waals surface area contributed by atoms with Crippen LogP contribution in [-0.4, -0.2) is 17.0 Å². The van der Waals surface area contributed by atoms with Gasteiger partial charge in [0.2, 0.25) is 5.91 Å². The van der Waals surface area contributed by atoms with Gasteiger partial charge in [-0.3, -0.25) is 9.59 Å². The number of nitrogens with one attached hydrogen (secondary N) is 1. The van der Waals surface area contributed by atoms with Gasteiger partial charge >= 0.3 is 5.97 Å². The van der Waals surface area contributed by atoms with Crippen molar-refractivity contribution in [2.45, 2.75) is 26.2 Å². The van der Waals surface area contributed by atoms with Crippen molar-refractivity contribution in [3.63, 3.8) is 0 Å². The van der Waals surface area contributed by atoms with Crippen molar-refractivity contribution in [3.05, 3.63) is 24.3 Å². The number of carboxylic acid groups (broad SMARTS) is 1. The van der Waals surface area contributed by atoms with Crippen LogP contribution in [0.25, 0.3) is 0 Å². The van der Waals surface area contributed by atoms with E-state index < -0.39 is 17.8 Å². The van der Waals surface area contributed by atoms with E-state index in [9.17, 15) is 14.7 Å². The van der Waals surface area contributed by atoms with Gasteiger partial charge in [0, 0.05) is 0 Å². The van der Waals surface area contributed by atoms with Gasteiger partial charge in [0.25, 0.3) is 0 Å². The zero-order chi connectivity index (χ0) is 14.7. The monoisotopic (exact) mass is 276 g/mol. The molecule has 1 unspecified atom stereocenters. The molecule has 1 aliphatic rings. The molecule has 0 spiro atoms. The second kappa shape index (κ2) is 5.94. The summed E-state index contributed by atoms with van der Waals surface area (Å²) >= 11 is 0. The lowest BCUT2D eigenvalue weighted by Gasteiger charge is -2.16. The van der Waals surface area contributed by atoms with Gasteiger partial charge in [0.15, 0.2) is 0 Å². The highest BCUT2D eigenvalue weighted by atomic mass is 16.4. The highest BCUT2D eigenvalue weighted by Gasteiger charge is 2.42. The molecular formula is C15H20N2O3. The molecule has 5 nitrogen and oxygen atoms in total. The van der Waals surface area contributed by atoms with Gasteiger partial charge in [0.1, 0.15) is 0 Å². The summed E-state index contributed by atoms with van der Waals surface area (Å²) in [6.45, 7) is 2.03. The third-order valence-electron chi connectivity index (χ3n) is 4.11. The molecular weight excluding hydrogens is 256 g/mol. The molecule has 3 atom stereocenters. The molecule has 1 amide bonds. The maximum Gasteiger partial charge on any atom is 0.307 e. The fraction of sp³-hybridized carbons (Fsp3) is 0.467. The van der Waals surface area contributed by atoms with Gasteiger partial charge in [0.05, 0.1) is 23.2 Å². The fourth-order valence-corrected chi connectivity index (χ4v) is 2.88. The molecule has 0 heterocycles. The Bertz CT molecular complexity index is 516. The number of amides is 1. The Hall–Kier alpha value is -2.04. The highest BCUT2D eigenvalue weighted by Crippen LogP contribution is 2.39. The van der Waals surface area contributed by atoms with Crippen LogP contribution >= 0.6 is 0 Å². The van der Waals surface area contributed by atoms with Gasteiger partial charge < -0.3 is 16.2 Å². The molecule has 4 N–H and O–H groups in total. The molecule has 5 heteroatoms. The van der Waals surface area contributed by atoms with Crippen LogP contribution in [0.5, 0.6) is 0 Å². The number of carboxylic acids is 1. The number of hydrogen-bond acceptors (Lipinski definition) is 3. The average molecular weight is 276 g/mol. The standard InChI is InChI=1S/C15H20N2O3/c1-2-9-7-10(11(8-9)15(19)20)14(18)17-13-6-4-3-5-12(13)16/h3-6,9-11H,2,7-8,16H2,1H3,(H,17,18)(H,19,20)/t9?,10-,11+/m0/s1. The zero-order valence-electron chi connectivity index (χ0n) is 11.5. The molecule has 0 aromatic heterocycles. The van der Waals surface area contributed by atoms with E-state index in [0.717, 1.165) is 6.42 Å². The second-order valence-electron chi connectivity index (χ2n) is 5.37. The first-order valence-corrected chi connectivity index (χ1v) is 6.91. The van der Waals surface area contributed by atoms with E-state index in [1.165, 1.54) is 0 Å². The van der Waals surface area contributed by atoms with Crippen molar-refractivity contribution in [2.75, 3.05) is 11.1 Å². The number of para-hydroxylation sites is 2. The molecule has 1 fully saturated rings. The van der Waals surface area contributed by atoms with Crippen LogP contribution < -0.4 is 11.1 Å². The van der Waals surface area contributed by atoms with Crippen molar-refractivity contribution in [1.29, 1.82) is 0 Å². The molecule has 0 saturated heterocycles. The minimum Gasteiger partial charge on any atom is -0.481 e. The predicted octanol–water partition coefficient (Wildman–Crippen LogP) is 2.34. The smallest absolute Gasteiger partial charge is 0.307 e. The van der Waals surface area contributed by atoms with Gasteiger partial charge in [-0.2, -0.15) is 0 Å². The summed E-state index contributed by atoms with van der Waals surface area (Å²) < 4.78 is 0. The Morgan fingerprint density at radius 1 is 1.30 bits per heavy atom. The first-order chi connectivity index (χ1) is 9.52. The van der Waals surface area contributed by atoms with Crippen molar-refractivity contribution in [3.8, 4) is 0 Å². The molecule has 2 rings (SSSR count). The summed E-state index contributed by atoms with van der Waals surface area (Å²) in [4.78, 5) is 23.6. The summed E-state index contributed by atoms with van der Waals surface area (Å²) in [6, 6.07) is 6.99. The third-order valence-corrected chi connectivity index (χ3v) is 4.11. The predicted molar refractivity (Wildman–Crippen MR) is 77.1 cm³/mol. The third kappa shape index (κ3) is 2.92. The maximum atomic E-state index is 12.3. The topological polar surface area (TPSA) is 92.4 Å². The SMILES string of the molecule is CCC1C[C@H](C(=O)Nc2ccccc2N)[C@H](C(=O)O)C1. The number of aliphatic carboxylic acids is 1. The minimum atomic E-state index is -0.887. The quantitative estimate of drug-likeness (QED) is 0.736. The Morgan fingerprint density at radius 3 is 2.55 bits per heavy atom. The van der Waals surface area contributed by atoms with E-state index in [1.807, 2.05) is 6.92 Å². The Labute approximate surface area is 118 Å². The number of carbonyl (C=O) groups is 2. The number of rotatable bonds is 4. The van der Waals surface area contributed by atoms with Gasteiger partial charge in [-0.05, 0) is 30.9 Å². The summed E-state index contributed by atoms with van der Waals surface area (Å²) in [5.41, 5.74) is 6.81. The van der Waals surface area contributed by atoms with Gasteiger partial charge in [-0.25, -0.2) is 0 Å². The van der Waals surface area contributed by atoms with E-state index in [2.05, 4.69) is 5.32 Å². The van der Waals surface area contributed by atoms with E-state index in [4.69, 9.17) is 5.73 Å². The number of nitrogen functional groups attached to an aromatic ring is 1. The molecule has 1 aromatic carbocycles. The maximum absolute atomic E-state index is 12.3. The summed E-state index contributed by atoms with van der Waals surface area (Å²) in [7, 11) is 0. The number of carbonyl (C=O) groups excluding carboxylic acids is 1. The van der Waals surface area contributed by atoms with Crippen molar-refractivity contribution >= 4 is 23.3 Å². The van der Waals surface area contributed by atoms with E-state index >= 15 is 0 Å². The van der Waals surface area contributed by atoms with Crippen LogP contribution in [0, 0.1) is 17.8 Å². The van der Waals surface area contributed by atoms with E-state index in [0.29, 0.717) is 30.1 Å².